The minimum absolute atomic E-state index is 0.000608. The summed E-state index contributed by atoms with van der Waals surface area (Å²) in [6.07, 6.45) is 1.41. The molecule has 0 amide bonds. The summed E-state index contributed by atoms with van der Waals surface area (Å²) in [5.74, 6) is 0. The van der Waals surface area contributed by atoms with E-state index < -0.39 is 11.6 Å². The maximum atomic E-state index is 11.9. The van der Waals surface area contributed by atoms with Crippen LogP contribution in [0.2, 0.25) is 5.02 Å². The lowest BCUT2D eigenvalue weighted by Gasteiger charge is -2.16. The minimum Gasteiger partial charge on any atom is -0.394 e. The third-order valence-electron chi connectivity index (χ3n) is 2.54. The Hall–Kier alpha value is -1.15. The molecule has 0 fully saturated rings. The lowest BCUT2D eigenvalue weighted by atomic mass is 10.3. The summed E-state index contributed by atoms with van der Waals surface area (Å²) in [6.45, 7) is 0.578. The Balaban J connectivity index is 2.88. The van der Waals surface area contributed by atoms with Gasteiger partial charge in [0, 0.05) is 6.54 Å². The van der Waals surface area contributed by atoms with Gasteiger partial charge >= 0.3 is 0 Å². The van der Waals surface area contributed by atoms with Gasteiger partial charge in [0.1, 0.15) is 5.02 Å². The van der Waals surface area contributed by atoms with Gasteiger partial charge in [0.05, 0.1) is 37.7 Å². The topological polar surface area (TPSA) is 90.6 Å². The highest BCUT2D eigenvalue weighted by Crippen LogP contribution is 2.16. The van der Waals surface area contributed by atoms with Gasteiger partial charge < -0.3 is 20.4 Å². The Bertz CT molecular complexity index is 460. The SMILES string of the molecule is CN(C)CCn1ncc(NC(CO)CO)c(Cl)c1=O. The van der Waals surface area contributed by atoms with Gasteiger partial charge in [-0.05, 0) is 14.1 Å². The summed E-state index contributed by atoms with van der Waals surface area (Å²) >= 11 is 5.96. The number of hydrogen-bond donors (Lipinski definition) is 3. The van der Waals surface area contributed by atoms with E-state index in [0.717, 1.165) is 0 Å². The van der Waals surface area contributed by atoms with E-state index in [4.69, 9.17) is 21.8 Å². The monoisotopic (exact) mass is 290 g/mol. The lowest BCUT2D eigenvalue weighted by Crippen LogP contribution is -2.32. The summed E-state index contributed by atoms with van der Waals surface area (Å²) < 4.78 is 1.28. The zero-order chi connectivity index (χ0) is 14.4. The van der Waals surface area contributed by atoms with E-state index in [2.05, 4.69) is 10.4 Å². The quantitative estimate of drug-likeness (QED) is 0.610. The third-order valence-corrected chi connectivity index (χ3v) is 2.91. The predicted octanol–water partition coefficient (Wildman–Crippen LogP) is -0.777. The van der Waals surface area contributed by atoms with Crippen LogP contribution in [-0.4, -0.2) is 64.8 Å². The van der Waals surface area contributed by atoms with Crippen LogP contribution in [0, 0.1) is 0 Å². The van der Waals surface area contributed by atoms with Gasteiger partial charge in [0.15, 0.2) is 0 Å². The standard InChI is InChI=1S/C11H19ClN4O3/c1-15(2)3-4-16-11(19)10(12)9(5-13-16)14-8(6-17)7-18/h5,8,14,17-18H,3-4,6-7H2,1-2H3. The summed E-state index contributed by atoms with van der Waals surface area (Å²) in [4.78, 5) is 13.9. The highest BCUT2D eigenvalue weighted by Gasteiger charge is 2.13. The number of aliphatic hydroxyl groups excluding tert-OH is 2. The number of halogens is 1. The molecule has 1 aromatic rings. The molecule has 0 atom stereocenters. The highest BCUT2D eigenvalue weighted by atomic mass is 35.5. The van der Waals surface area contributed by atoms with Gasteiger partial charge in [-0.1, -0.05) is 11.6 Å². The summed E-state index contributed by atoms with van der Waals surface area (Å²) in [6, 6.07) is -0.573. The average Bonchev–Trinajstić information content (AvgIpc) is 2.39. The Labute approximate surface area is 116 Å². The normalized spacial score (nSPS) is 11.3. The van der Waals surface area contributed by atoms with Crippen LogP contribution in [0.25, 0.3) is 0 Å². The molecule has 3 N–H and O–H groups in total. The van der Waals surface area contributed by atoms with E-state index in [1.807, 2.05) is 19.0 Å². The number of rotatable bonds is 7. The van der Waals surface area contributed by atoms with Gasteiger partial charge in [-0.25, -0.2) is 4.68 Å². The van der Waals surface area contributed by atoms with Gasteiger partial charge in [-0.2, -0.15) is 5.10 Å². The van der Waals surface area contributed by atoms with Crippen molar-refractivity contribution >= 4 is 17.3 Å². The van der Waals surface area contributed by atoms with Crippen molar-refractivity contribution in [3.63, 3.8) is 0 Å². The molecule has 0 radical (unpaired) electrons. The molecular formula is C11H19ClN4O3. The van der Waals surface area contributed by atoms with Crippen molar-refractivity contribution in [1.82, 2.24) is 14.7 Å². The molecule has 1 rings (SSSR count). The summed E-state index contributed by atoms with van der Waals surface area (Å²) in [7, 11) is 3.80. The zero-order valence-corrected chi connectivity index (χ0v) is 11.8. The molecule has 1 aromatic heterocycles. The second-order valence-electron chi connectivity index (χ2n) is 4.41. The number of aliphatic hydroxyl groups is 2. The van der Waals surface area contributed by atoms with Crippen LogP contribution in [0.4, 0.5) is 5.69 Å². The number of nitrogens with one attached hydrogen (secondary N) is 1. The van der Waals surface area contributed by atoms with Crippen molar-refractivity contribution in [3.05, 3.63) is 21.6 Å². The molecule has 19 heavy (non-hydrogen) atoms. The number of hydrogen-bond acceptors (Lipinski definition) is 6. The van der Waals surface area contributed by atoms with Crippen molar-refractivity contribution in [3.8, 4) is 0 Å². The first-order chi connectivity index (χ1) is 8.99. The molecule has 8 heteroatoms. The van der Waals surface area contributed by atoms with Crippen molar-refractivity contribution in [2.24, 2.45) is 0 Å². The van der Waals surface area contributed by atoms with E-state index in [1.165, 1.54) is 10.9 Å². The van der Waals surface area contributed by atoms with Crippen molar-refractivity contribution in [2.75, 3.05) is 39.2 Å². The minimum atomic E-state index is -0.573. The van der Waals surface area contributed by atoms with Crippen LogP contribution >= 0.6 is 11.6 Å². The maximum Gasteiger partial charge on any atom is 0.287 e. The second-order valence-corrected chi connectivity index (χ2v) is 4.79. The van der Waals surface area contributed by atoms with E-state index in [0.29, 0.717) is 18.8 Å². The fourth-order valence-corrected chi connectivity index (χ4v) is 1.59. The van der Waals surface area contributed by atoms with Crippen LogP contribution in [0.1, 0.15) is 0 Å². The molecule has 108 valence electrons. The van der Waals surface area contributed by atoms with E-state index in [9.17, 15) is 4.79 Å². The number of aromatic nitrogens is 2. The molecule has 1 heterocycles. The molecule has 0 aliphatic heterocycles. The van der Waals surface area contributed by atoms with Crippen LogP contribution in [0.5, 0.6) is 0 Å². The highest BCUT2D eigenvalue weighted by molar-refractivity contribution is 6.32. The molecule has 7 nitrogen and oxygen atoms in total. The van der Waals surface area contributed by atoms with Crippen LogP contribution < -0.4 is 10.9 Å². The maximum absolute atomic E-state index is 11.9. The van der Waals surface area contributed by atoms with Crippen molar-refractivity contribution < 1.29 is 10.2 Å². The third kappa shape index (κ3) is 4.46. The first-order valence-corrected chi connectivity index (χ1v) is 6.26. The lowest BCUT2D eigenvalue weighted by molar-refractivity contribution is 0.204. The number of likely N-dealkylation sites (N-methyl/N-ethyl adjacent to an activating group) is 1. The first-order valence-electron chi connectivity index (χ1n) is 5.88. The van der Waals surface area contributed by atoms with Crippen LogP contribution in [0.15, 0.2) is 11.0 Å². The molecular weight excluding hydrogens is 272 g/mol. The Kier molecular flexibility index (Phi) is 6.23. The Morgan fingerprint density at radius 1 is 1.47 bits per heavy atom. The average molecular weight is 291 g/mol. The molecule has 0 saturated carbocycles. The summed E-state index contributed by atoms with van der Waals surface area (Å²) in [5.41, 5.74) is -0.0935. The van der Waals surface area contributed by atoms with Gasteiger partial charge in [-0.15, -0.1) is 0 Å². The summed E-state index contributed by atoms with van der Waals surface area (Å²) in [5, 5.41) is 24.7. The zero-order valence-electron chi connectivity index (χ0n) is 11.0. The Morgan fingerprint density at radius 2 is 2.11 bits per heavy atom. The Morgan fingerprint density at radius 3 is 2.63 bits per heavy atom. The number of nitrogens with zero attached hydrogens (tertiary/aromatic N) is 3. The van der Waals surface area contributed by atoms with Crippen molar-refractivity contribution in [2.45, 2.75) is 12.6 Å². The van der Waals surface area contributed by atoms with Crippen LogP contribution in [-0.2, 0) is 6.54 Å². The fourth-order valence-electron chi connectivity index (χ4n) is 1.39. The van der Waals surface area contributed by atoms with E-state index >= 15 is 0 Å². The van der Waals surface area contributed by atoms with Gasteiger partial charge in [-0.3, -0.25) is 4.79 Å². The van der Waals surface area contributed by atoms with Crippen LogP contribution in [0.3, 0.4) is 0 Å². The van der Waals surface area contributed by atoms with Gasteiger partial charge in [0.25, 0.3) is 5.56 Å². The van der Waals surface area contributed by atoms with E-state index in [-0.39, 0.29) is 18.2 Å². The fraction of sp³-hybridized carbons (Fsp3) is 0.636. The molecule has 0 aliphatic rings. The smallest absolute Gasteiger partial charge is 0.287 e. The molecule has 0 aromatic carbocycles. The molecule has 0 aliphatic carbocycles. The molecule has 0 unspecified atom stereocenters. The predicted molar refractivity (Wildman–Crippen MR) is 73.6 cm³/mol. The van der Waals surface area contributed by atoms with Gasteiger partial charge in [0.2, 0.25) is 0 Å². The van der Waals surface area contributed by atoms with E-state index in [1.54, 1.807) is 0 Å². The molecule has 0 bridgehead atoms. The molecule has 0 spiro atoms. The first kappa shape index (κ1) is 15.9. The number of anilines is 1. The van der Waals surface area contributed by atoms with Crippen molar-refractivity contribution in [1.29, 1.82) is 0 Å². The largest absolute Gasteiger partial charge is 0.394 e. The molecule has 0 saturated heterocycles. The second kappa shape index (κ2) is 7.44.